The highest BCUT2D eigenvalue weighted by atomic mass is 32.2. The summed E-state index contributed by atoms with van der Waals surface area (Å²) in [5.41, 5.74) is 0.522. The van der Waals surface area contributed by atoms with Crippen LogP contribution in [0.15, 0.2) is 40.3 Å². The van der Waals surface area contributed by atoms with Gasteiger partial charge in [0.25, 0.3) is 5.56 Å². The van der Waals surface area contributed by atoms with Gasteiger partial charge in [-0.2, -0.15) is 0 Å². The molecule has 0 N–H and O–H groups in total. The number of rotatable bonds is 5. The van der Waals surface area contributed by atoms with Crippen LogP contribution in [0.25, 0.3) is 0 Å². The molecule has 1 aliphatic heterocycles. The molecule has 0 aliphatic carbocycles. The van der Waals surface area contributed by atoms with Gasteiger partial charge in [-0.1, -0.05) is 42.1 Å². The van der Waals surface area contributed by atoms with E-state index in [0.29, 0.717) is 11.7 Å². The number of esters is 1. The van der Waals surface area contributed by atoms with Crippen molar-refractivity contribution in [3.8, 4) is 5.75 Å². The standard InChI is InChI=1S/C16H16N2O4S/c1-2-21-15(20)12-13(22-10-11-6-4-3-5-7-11)14(19)18-8-9-23-16(18)17-12/h3-7H,2,8-10H2,1H3. The molecule has 120 valence electrons. The molecular weight excluding hydrogens is 316 g/mol. The van der Waals surface area contributed by atoms with Gasteiger partial charge in [-0.3, -0.25) is 9.36 Å². The molecule has 0 bridgehead atoms. The van der Waals surface area contributed by atoms with Crippen LogP contribution in [0, 0.1) is 0 Å². The summed E-state index contributed by atoms with van der Waals surface area (Å²) in [6.07, 6.45) is 0. The van der Waals surface area contributed by atoms with Gasteiger partial charge >= 0.3 is 5.97 Å². The van der Waals surface area contributed by atoms with Crippen molar-refractivity contribution >= 4 is 17.7 Å². The summed E-state index contributed by atoms with van der Waals surface area (Å²) in [4.78, 5) is 29.0. The third-order valence-electron chi connectivity index (χ3n) is 3.33. The molecule has 23 heavy (non-hydrogen) atoms. The molecule has 0 amide bonds. The van der Waals surface area contributed by atoms with E-state index in [1.165, 1.54) is 16.3 Å². The normalized spacial score (nSPS) is 12.7. The zero-order valence-electron chi connectivity index (χ0n) is 12.7. The van der Waals surface area contributed by atoms with Crippen molar-refractivity contribution in [2.24, 2.45) is 0 Å². The number of nitrogens with zero attached hydrogens (tertiary/aromatic N) is 2. The number of benzene rings is 1. The summed E-state index contributed by atoms with van der Waals surface area (Å²) >= 11 is 1.44. The minimum absolute atomic E-state index is 0.0430. The van der Waals surface area contributed by atoms with Crippen LogP contribution in [-0.4, -0.2) is 27.9 Å². The van der Waals surface area contributed by atoms with E-state index < -0.39 is 5.97 Å². The Hall–Kier alpha value is -2.28. The molecular formula is C16H16N2O4S. The number of ether oxygens (including phenoxy) is 2. The first kappa shape index (κ1) is 15.6. The van der Waals surface area contributed by atoms with Crippen LogP contribution in [0.2, 0.25) is 0 Å². The van der Waals surface area contributed by atoms with Crippen molar-refractivity contribution in [3.63, 3.8) is 0 Å². The van der Waals surface area contributed by atoms with Gasteiger partial charge in [0.1, 0.15) is 6.61 Å². The Balaban J connectivity index is 1.96. The lowest BCUT2D eigenvalue weighted by atomic mass is 10.2. The minimum atomic E-state index is -0.636. The van der Waals surface area contributed by atoms with E-state index >= 15 is 0 Å². The lowest BCUT2D eigenvalue weighted by Crippen LogP contribution is -2.26. The minimum Gasteiger partial charge on any atom is -0.481 e. The number of aromatic nitrogens is 2. The second-order valence-corrected chi connectivity index (χ2v) is 5.93. The Kier molecular flexibility index (Phi) is 4.66. The highest BCUT2D eigenvalue weighted by molar-refractivity contribution is 7.99. The third-order valence-corrected chi connectivity index (χ3v) is 4.29. The van der Waals surface area contributed by atoms with Crippen molar-refractivity contribution in [3.05, 3.63) is 51.9 Å². The van der Waals surface area contributed by atoms with Crippen molar-refractivity contribution in [2.45, 2.75) is 25.2 Å². The second-order valence-electron chi connectivity index (χ2n) is 4.87. The van der Waals surface area contributed by atoms with Crippen LogP contribution >= 0.6 is 11.8 Å². The van der Waals surface area contributed by atoms with Crippen LogP contribution in [0.4, 0.5) is 0 Å². The van der Waals surface area contributed by atoms with E-state index in [-0.39, 0.29) is 30.2 Å². The van der Waals surface area contributed by atoms with Gasteiger partial charge in [-0.05, 0) is 12.5 Å². The topological polar surface area (TPSA) is 70.4 Å². The summed E-state index contributed by atoms with van der Waals surface area (Å²) in [5, 5.41) is 0.533. The third kappa shape index (κ3) is 3.24. The average molecular weight is 332 g/mol. The maximum Gasteiger partial charge on any atom is 0.361 e. The molecule has 6 nitrogen and oxygen atoms in total. The van der Waals surface area contributed by atoms with E-state index in [9.17, 15) is 9.59 Å². The quantitative estimate of drug-likeness (QED) is 0.617. The molecule has 1 aromatic carbocycles. The predicted octanol–water partition coefficient (Wildman–Crippen LogP) is 2.10. The lowest BCUT2D eigenvalue weighted by molar-refractivity contribution is 0.0511. The molecule has 2 aromatic rings. The van der Waals surface area contributed by atoms with Gasteiger partial charge in [0, 0.05) is 12.3 Å². The van der Waals surface area contributed by atoms with Gasteiger partial charge in [0.15, 0.2) is 10.9 Å². The van der Waals surface area contributed by atoms with Gasteiger partial charge in [-0.15, -0.1) is 0 Å². The number of carbonyl (C=O) groups excluding carboxylic acids is 1. The van der Waals surface area contributed by atoms with E-state index in [1.807, 2.05) is 30.3 Å². The number of thioether (sulfide) groups is 1. The van der Waals surface area contributed by atoms with Crippen LogP contribution in [0.3, 0.4) is 0 Å². The van der Waals surface area contributed by atoms with Crippen molar-refractivity contribution in [1.29, 1.82) is 0 Å². The molecule has 7 heteroatoms. The van der Waals surface area contributed by atoms with Crippen LogP contribution in [-0.2, 0) is 17.9 Å². The fraction of sp³-hybridized carbons (Fsp3) is 0.312. The van der Waals surface area contributed by atoms with E-state index in [2.05, 4.69) is 4.98 Å². The van der Waals surface area contributed by atoms with Crippen LogP contribution < -0.4 is 10.3 Å². The molecule has 0 saturated carbocycles. The van der Waals surface area contributed by atoms with Gasteiger partial charge in [0.05, 0.1) is 6.61 Å². The maximum absolute atomic E-state index is 12.6. The molecule has 2 heterocycles. The second kappa shape index (κ2) is 6.87. The number of fused-ring (bicyclic) bond motifs is 1. The summed E-state index contributed by atoms with van der Waals surface area (Å²) in [6.45, 7) is 2.68. The molecule has 0 unspecified atom stereocenters. The molecule has 3 rings (SSSR count). The molecule has 0 atom stereocenters. The summed E-state index contributed by atoms with van der Waals surface area (Å²) in [7, 11) is 0. The molecule has 1 aliphatic rings. The molecule has 0 saturated heterocycles. The maximum atomic E-state index is 12.6. The van der Waals surface area contributed by atoms with E-state index in [0.717, 1.165) is 11.3 Å². The SMILES string of the molecule is CCOC(=O)c1nc2n(c(=O)c1OCc1ccccc1)CCS2. The van der Waals surface area contributed by atoms with Gasteiger partial charge in [-0.25, -0.2) is 9.78 Å². The number of hydrogen-bond acceptors (Lipinski definition) is 6. The lowest BCUT2D eigenvalue weighted by Gasteiger charge is -2.12. The van der Waals surface area contributed by atoms with Crippen molar-refractivity contribution in [1.82, 2.24) is 9.55 Å². The average Bonchev–Trinajstić information content (AvgIpc) is 3.04. The Morgan fingerprint density at radius 1 is 1.35 bits per heavy atom. The largest absolute Gasteiger partial charge is 0.481 e. The van der Waals surface area contributed by atoms with E-state index in [4.69, 9.17) is 9.47 Å². The molecule has 0 radical (unpaired) electrons. The Morgan fingerprint density at radius 2 is 2.13 bits per heavy atom. The van der Waals surface area contributed by atoms with Crippen molar-refractivity contribution < 1.29 is 14.3 Å². The number of hydrogen-bond donors (Lipinski definition) is 0. The Morgan fingerprint density at radius 3 is 2.87 bits per heavy atom. The van der Waals surface area contributed by atoms with Crippen LogP contribution in [0.1, 0.15) is 23.0 Å². The highest BCUT2D eigenvalue weighted by Gasteiger charge is 2.26. The molecule has 0 fully saturated rings. The zero-order valence-corrected chi connectivity index (χ0v) is 13.5. The monoisotopic (exact) mass is 332 g/mol. The predicted molar refractivity (Wildman–Crippen MR) is 86.0 cm³/mol. The van der Waals surface area contributed by atoms with Crippen molar-refractivity contribution in [2.75, 3.05) is 12.4 Å². The Labute approximate surface area is 137 Å². The summed E-state index contributed by atoms with van der Waals surface area (Å²) < 4.78 is 12.2. The zero-order chi connectivity index (χ0) is 16.2. The first-order chi connectivity index (χ1) is 11.2. The molecule has 0 spiro atoms. The van der Waals surface area contributed by atoms with Gasteiger partial charge < -0.3 is 9.47 Å². The summed E-state index contributed by atoms with van der Waals surface area (Å²) in [5.74, 6) is 0.0780. The fourth-order valence-electron chi connectivity index (χ4n) is 2.25. The molecule has 1 aromatic heterocycles. The first-order valence-corrected chi connectivity index (χ1v) is 8.30. The van der Waals surface area contributed by atoms with E-state index in [1.54, 1.807) is 6.92 Å². The fourth-order valence-corrected chi connectivity index (χ4v) is 3.19. The number of carbonyl (C=O) groups is 1. The Bertz CT molecular complexity index is 774. The van der Waals surface area contributed by atoms with Gasteiger partial charge in [0.2, 0.25) is 5.75 Å². The van der Waals surface area contributed by atoms with Crippen LogP contribution in [0.5, 0.6) is 5.75 Å². The smallest absolute Gasteiger partial charge is 0.361 e. The highest BCUT2D eigenvalue weighted by Crippen LogP contribution is 2.25. The summed E-state index contributed by atoms with van der Waals surface area (Å²) in [6, 6.07) is 9.44. The first-order valence-electron chi connectivity index (χ1n) is 7.32.